The molecular weight excluding hydrogens is 673 g/mol. The highest BCUT2D eigenvalue weighted by Crippen LogP contribution is 2.43. The van der Waals surface area contributed by atoms with Crippen LogP contribution in [0.15, 0.2) is 0 Å². The summed E-state index contributed by atoms with van der Waals surface area (Å²) in [5.74, 6) is -0.308. The van der Waals surface area contributed by atoms with E-state index in [1.165, 1.54) is 161 Å². The molecule has 2 atom stereocenters. The van der Waals surface area contributed by atoms with Crippen molar-refractivity contribution in [1.82, 2.24) is 0 Å². The molecule has 0 amide bonds. The number of hydrogen-bond acceptors (Lipinski definition) is 6. The van der Waals surface area contributed by atoms with Crippen LogP contribution in [0, 0.1) is 0 Å². The summed E-state index contributed by atoms with van der Waals surface area (Å²) >= 11 is 0. The number of esters is 1. The van der Waals surface area contributed by atoms with Crippen molar-refractivity contribution in [3.05, 3.63) is 0 Å². The van der Waals surface area contributed by atoms with E-state index in [2.05, 4.69) is 13.8 Å². The van der Waals surface area contributed by atoms with Gasteiger partial charge in [0.25, 0.3) is 0 Å². The van der Waals surface area contributed by atoms with Crippen molar-refractivity contribution < 1.29 is 37.3 Å². The summed E-state index contributed by atoms with van der Waals surface area (Å²) in [5.41, 5.74) is 0. The van der Waals surface area contributed by atoms with Crippen LogP contribution in [0.2, 0.25) is 0 Å². The molecule has 0 aromatic rings. The molecule has 0 rings (SSSR count). The number of phosphoric acid groups is 1. The second-order valence-electron chi connectivity index (χ2n) is 16.4. The van der Waals surface area contributed by atoms with Gasteiger partial charge in [-0.1, -0.05) is 194 Å². The Hall–Kier alpha value is -0.500. The van der Waals surface area contributed by atoms with E-state index in [1.54, 1.807) is 0 Å². The zero-order chi connectivity index (χ0) is 38.4. The first-order valence-corrected chi connectivity index (χ1v) is 23.8. The minimum Gasteiger partial charge on any atom is -0.457 e. The molecule has 0 saturated carbocycles. The molecule has 9 heteroatoms. The molecule has 0 bridgehead atoms. The summed E-state index contributed by atoms with van der Waals surface area (Å²) in [6.07, 6.45) is 38.4. The van der Waals surface area contributed by atoms with Crippen LogP contribution in [0.4, 0.5) is 0 Å². The van der Waals surface area contributed by atoms with Crippen LogP contribution in [0.3, 0.4) is 0 Å². The fraction of sp³-hybridized carbons (Fsp3) is 0.977. The molecule has 312 valence electrons. The molecular formula is C43H89NO7P+. The van der Waals surface area contributed by atoms with E-state index >= 15 is 0 Å². The van der Waals surface area contributed by atoms with Crippen molar-refractivity contribution >= 4 is 13.8 Å². The van der Waals surface area contributed by atoms with E-state index in [0.29, 0.717) is 24.1 Å². The second kappa shape index (κ2) is 37.4. The Kier molecular flexibility index (Phi) is 37.1. The molecule has 8 nitrogen and oxygen atoms in total. The van der Waals surface area contributed by atoms with Gasteiger partial charge in [-0.15, -0.1) is 0 Å². The number of phosphoric ester groups is 1. The molecule has 0 heterocycles. The van der Waals surface area contributed by atoms with Crippen molar-refractivity contribution in [2.75, 3.05) is 54.1 Å². The average Bonchev–Trinajstić information content (AvgIpc) is 3.09. The lowest BCUT2D eigenvalue weighted by Crippen LogP contribution is -2.37. The highest BCUT2D eigenvalue weighted by molar-refractivity contribution is 7.47. The summed E-state index contributed by atoms with van der Waals surface area (Å²) in [4.78, 5) is 22.9. The minimum atomic E-state index is -4.26. The molecule has 0 radical (unpaired) electrons. The number of ether oxygens (including phenoxy) is 2. The maximum Gasteiger partial charge on any atom is 0.472 e. The molecule has 0 saturated heterocycles. The topological polar surface area (TPSA) is 91.3 Å². The Bertz CT molecular complexity index is 807. The van der Waals surface area contributed by atoms with Crippen LogP contribution in [0.5, 0.6) is 0 Å². The van der Waals surface area contributed by atoms with Crippen molar-refractivity contribution in [1.29, 1.82) is 0 Å². The minimum absolute atomic E-state index is 0.0939. The highest BCUT2D eigenvalue weighted by Gasteiger charge is 2.26. The predicted octanol–water partition coefficient (Wildman–Crippen LogP) is 12.9. The molecule has 52 heavy (non-hydrogen) atoms. The third-order valence-corrected chi connectivity index (χ3v) is 10.9. The first kappa shape index (κ1) is 51.5. The summed E-state index contributed by atoms with van der Waals surface area (Å²) in [6, 6.07) is 0. The molecule has 0 aliphatic carbocycles. The Morgan fingerprint density at radius 3 is 1.27 bits per heavy atom. The number of rotatable bonds is 42. The molecule has 0 aromatic carbocycles. The standard InChI is InChI=1S/C43H88NO7P/c1-6-8-10-12-14-16-18-20-22-23-24-26-28-30-32-34-36-43(45)51-42(41-50-52(46,47)49-39-37-44(3,4)5)40-48-38-35-33-31-29-27-25-21-19-17-15-13-11-9-7-2/h42H,6-41H2,1-5H3/p+1. The fourth-order valence-electron chi connectivity index (χ4n) is 6.44. The van der Waals surface area contributed by atoms with Gasteiger partial charge in [0.2, 0.25) is 0 Å². The van der Waals surface area contributed by atoms with Gasteiger partial charge in [0.1, 0.15) is 19.3 Å². The van der Waals surface area contributed by atoms with E-state index < -0.39 is 13.9 Å². The monoisotopic (exact) mass is 763 g/mol. The summed E-state index contributed by atoms with van der Waals surface area (Å²) in [5, 5.41) is 0. The zero-order valence-electron chi connectivity index (χ0n) is 35.3. The van der Waals surface area contributed by atoms with Crippen molar-refractivity contribution in [3.63, 3.8) is 0 Å². The Morgan fingerprint density at radius 1 is 0.519 bits per heavy atom. The highest BCUT2D eigenvalue weighted by atomic mass is 31.2. The number of nitrogens with zero attached hydrogens (tertiary/aromatic N) is 1. The number of hydrogen-bond donors (Lipinski definition) is 1. The molecule has 0 aliphatic rings. The van der Waals surface area contributed by atoms with E-state index in [0.717, 1.165) is 32.1 Å². The Morgan fingerprint density at radius 2 is 0.885 bits per heavy atom. The van der Waals surface area contributed by atoms with Gasteiger partial charge in [-0.3, -0.25) is 13.8 Å². The van der Waals surface area contributed by atoms with E-state index in [9.17, 15) is 14.3 Å². The largest absolute Gasteiger partial charge is 0.472 e. The first-order chi connectivity index (χ1) is 25.1. The lowest BCUT2D eigenvalue weighted by atomic mass is 10.0. The van der Waals surface area contributed by atoms with Crippen LogP contribution >= 0.6 is 7.82 Å². The molecule has 0 aliphatic heterocycles. The fourth-order valence-corrected chi connectivity index (χ4v) is 7.18. The molecule has 0 fully saturated rings. The van der Waals surface area contributed by atoms with Crippen LogP contribution in [-0.4, -0.2) is 75.6 Å². The maximum atomic E-state index is 12.7. The second-order valence-corrected chi connectivity index (χ2v) is 17.9. The normalized spacial score (nSPS) is 13.7. The Labute approximate surface area is 323 Å². The van der Waals surface area contributed by atoms with Crippen molar-refractivity contribution in [3.8, 4) is 0 Å². The van der Waals surface area contributed by atoms with Gasteiger partial charge in [-0.2, -0.15) is 0 Å². The lowest BCUT2D eigenvalue weighted by Gasteiger charge is -2.24. The van der Waals surface area contributed by atoms with Crippen LogP contribution < -0.4 is 0 Å². The third kappa shape index (κ3) is 40.7. The van der Waals surface area contributed by atoms with Gasteiger partial charge in [0.05, 0.1) is 34.4 Å². The third-order valence-electron chi connectivity index (χ3n) is 9.92. The number of unbranched alkanes of at least 4 members (excludes halogenated alkanes) is 28. The zero-order valence-corrected chi connectivity index (χ0v) is 36.2. The van der Waals surface area contributed by atoms with Gasteiger partial charge in [0.15, 0.2) is 0 Å². The predicted molar refractivity (Wildman–Crippen MR) is 220 cm³/mol. The molecule has 0 aromatic heterocycles. The molecule has 2 unspecified atom stereocenters. The van der Waals surface area contributed by atoms with Gasteiger partial charge in [-0.05, 0) is 12.8 Å². The van der Waals surface area contributed by atoms with Crippen LogP contribution in [0.25, 0.3) is 0 Å². The summed E-state index contributed by atoms with van der Waals surface area (Å²) in [7, 11) is 1.69. The molecule has 1 N–H and O–H groups in total. The average molecular weight is 763 g/mol. The van der Waals surface area contributed by atoms with E-state index in [4.69, 9.17) is 18.5 Å². The van der Waals surface area contributed by atoms with E-state index in [-0.39, 0.29) is 25.8 Å². The lowest BCUT2D eigenvalue weighted by molar-refractivity contribution is -0.870. The number of quaternary nitrogens is 1. The number of carbonyl (C=O) groups is 1. The number of carbonyl (C=O) groups excluding carboxylic acids is 1. The maximum absolute atomic E-state index is 12.7. The summed E-state index contributed by atoms with van der Waals surface area (Å²) < 4.78 is 35.0. The van der Waals surface area contributed by atoms with Crippen LogP contribution in [-0.2, 0) is 27.9 Å². The van der Waals surface area contributed by atoms with Gasteiger partial charge in [-0.25, -0.2) is 4.57 Å². The SMILES string of the molecule is CCCCCCCCCCCCCCCCCCC(=O)OC(COCCCCCCCCCCCCCCCC)COP(=O)(O)OCC[N+](C)(C)C. The van der Waals surface area contributed by atoms with Crippen molar-refractivity contribution in [2.45, 2.75) is 219 Å². The molecule has 0 spiro atoms. The van der Waals surface area contributed by atoms with Gasteiger partial charge < -0.3 is 18.9 Å². The van der Waals surface area contributed by atoms with Gasteiger partial charge >= 0.3 is 13.8 Å². The quantitative estimate of drug-likeness (QED) is 0.0286. The Balaban J connectivity index is 4.18. The van der Waals surface area contributed by atoms with Crippen molar-refractivity contribution in [2.24, 2.45) is 0 Å². The van der Waals surface area contributed by atoms with Crippen LogP contribution in [0.1, 0.15) is 213 Å². The van der Waals surface area contributed by atoms with Gasteiger partial charge in [0, 0.05) is 13.0 Å². The number of likely N-dealkylation sites (N-methyl/N-ethyl adjacent to an activating group) is 1. The van der Waals surface area contributed by atoms with E-state index in [1.807, 2.05) is 21.1 Å². The smallest absolute Gasteiger partial charge is 0.457 e. The first-order valence-electron chi connectivity index (χ1n) is 22.3. The summed E-state index contributed by atoms with van der Waals surface area (Å²) in [6.45, 7) is 5.68.